The van der Waals surface area contributed by atoms with Crippen LogP contribution in [0.3, 0.4) is 0 Å². The standard InChI is InChI=1S/C18H28N2/c1-15-6-7-17(16(2)14-15)18(8-10-19-11-9-18)20-12-4-3-5-13-20/h6-7,14,19H,3-5,8-13H2,1-2H3. The van der Waals surface area contributed by atoms with Crippen molar-refractivity contribution in [3.63, 3.8) is 0 Å². The fourth-order valence-corrected chi connectivity index (χ4v) is 4.25. The van der Waals surface area contributed by atoms with Crippen molar-refractivity contribution in [2.24, 2.45) is 0 Å². The van der Waals surface area contributed by atoms with Gasteiger partial charge in [0.15, 0.2) is 0 Å². The topological polar surface area (TPSA) is 15.3 Å². The summed E-state index contributed by atoms with van der Waals surface area (Å²) >= 11 is 0. The van der Waals surface area contributed by atoms with E-state index in [0.29, 0.717) is 5.54 Å². The van der Waals surface area contributed by atoms with E-state index in [1.165, 1.54) is 56.3 Å². The van der Waals surface area contributed by atoms with Crippen molar-refractivity contribution in [2.75, 3.05) is 26.2 Å². The minimum atomic E-state index is 0.295. The van der Waals surface area contributed by atoms with Crippen LogP contribution in [0.25, 0.3) is 0 Å². The van der Waals surface area contributed by atoms with Crippen molar-refractivity contribution in [1.29, 1.82) is 0 Å². The van der Waals surface area contributed by atoms with E-state index in [2.05, 4.69) is 42.3 Å². The highest BCUT2D eigenvalue weighted by Crippen LogP contribution is 2.40. The minimum absolute atomic E-state index is 0.295. The monoisotopic (exact) mass is 272 g/mol. The van der Waals surface area contributed by atoms with Crippen molar-refractivity contribution in [2.45, 2.75) is 51.5 Å². The molecule has 0 bridgehead atoms. The first-order chi connectivity index (χ1) is 9.72. The summed E-state index contributed by atoms with van der Waals surface area (Å²) in [5.74, 6) is 0. The zero-order chi connectivity index (χ0) is 14.0. The van der Waals surface area contributed by atoms with E-state index in [1.54, 1.807) is 5.56 Å². The molecule has 2 saturated heterocycles. The molecular formula is C18H28N2. The zero-order valence-electron chi connectivity index (χ0n) is 13.0. The molecule has 20 heavy (non-hydrogen) atoms. The Kier molecular flexibility index (Phi) is 4.13. The SMILES string of the molecule is Cc1ccc(C2(N3CCCCC3)CCNCC2)c(C)c1. The molecule has 2 aliphatic heterocycles. The zero-order valence-corrected chi connectivity index (χ0v) is 13.0. The normalized spacial score (nSPS) is 23.7. The van der Waals surface area contributed by atoms with Gasteiger partial charge in [-0.05, 0) is 76.8 Å². The second-order valence-electron chi connectivity index (χ2n) is 6.65. The van der Waals surface area contributed by atoms with Crippen LogP contribution in [0.5, 0.6) is 0 Å². The summed E-state index contributed by atoms with van der Waals surface area (Å²) in [6, 6.07) is 7.07. The van der Waals surface area contributed by atoms with Crippen LogP contribution in [-0.4, -0.2) is 31.1 Å². The Hall–Kier alpha value is -0.860. The van der Waals surface area contributed by atoms with E-state index in [-0.39, 0.29) is 0 Å². The fourth-order valence-electron chi connectivity index (χ4n) is 4.25. The van der Waals surface area contributed by atoms with Crippen LogP contribution in [0.1, 0.15) is 48.8 Å². The van der Waals surface area contributed by atoms with Crippen molar-refractivity contribution in [1.82, 2.24) is 10.2 Å². The van der Waals surface area contributed by atoms with Crippen molar-refractivity contribution >= 4 is 0 Å². The van der Waals surface area contributed by atoms with Gasteiger partial charge in [0.2, 0.25) is 0 Å². The molecule has 3 rings (SSSR count). The minimum Gasteiger partial charge on any atom is -0.317 e. The first kappa shape index (κ1) is 14.1. The van der Waals surface area contributed by atoms with Crippen LogP contribution in [0, 0.1) is 13.8 Å². The summed E-state index contributed by atoms with van der Waals surface area (Å²) in [7, 11) is 0. The largest absolute Gasteiger partial charge is 0.317 e. The summed E-state index contributed by atoms with van der Waals surface area (Å²) < 4.78 is 0. The van der Waals surface area contributed by atoms with Gasteiger partial charge in [0.1, 0.15) is 0 Å². The van der Waals surface area contributed by atoms with Gasteiger partial charge in [0.05, 0.1) is 0 Å². The number of aryl methyl sites for hydroxylation is 2. The maximum absolute atomic E-state index is 3.55. The maximum atomic E-state index is 3.55. The van der Waals surface area contributed by atoms with Crippen LogP contribution in [0.2, 0.25) is 0 Å². The number of likely N-dealkylation sites (tertiary alicyclic amines) is 1. The predicted molar refractivity (Wildman–Crippen MR) is 85.1 cm³/mol. The lowest BCUT2D eigenvalue weighted by atomic mass is 9.76. The van der Waals surface area contributed by atoms with E-state index < -0.39 is 0 Å². The molecule has 2 heteroatoms. The Morgan fingerprint density at radius 3 is 2.35 bits per heavy atom. The van der Waals surface area contributed by atoms with Crippen LogP contribution in [0.15, 0.2) is 18.2 Å². The molecule has 1 aromatic rings. The van der Waals surface area contributed by atoms with Crippen molar-refractivity contribution < 1.29 is 0 Å². The number of benzene rings is 1. The molecule has 2 fully saturated rings. The quantitative estimate of drug-likeness (QED) is 0.888. The Balaban J connectivity index is 1.99. The number of hydrogen-bond acceptors (Lipinski definition) is 2. The molecule has 0 unspecified atom stereocenters. The third-order valence-electron chi connectivity index (χ3n) is 5.28. The summed E-state index contributed by atoms with van der Waals surface area (Å²) in [5.41, 5.74) is 4.75. The highest BCUT2D eigenvalue weighted by atomic mass is 15.2. The highest BCUT2D eigenvalue weighted by molar-refractivity contribution is 5.36. The number of hydrogen-bond donors (Lipinski definition) is 1. The van der Waals surface area contributed by atoms with Gasteiger partial charge in [-0.1, -0.05) is 30.2 Å². The average Bonchev–Trinajstić information content (AvgIpc) is 2.49. The van der Waals surface area contributed by atoms with Crippen LogP contribution < -0.4 is 5.32 Å². The van der Waals surface area contributed by atoms with Crippen LogP contribution in [-0.2, 0) is 5.54 Å². The third kappa shape index (κ3) is 2.51. The lowest BCUT2D eigenvalue weighted by Gasteiger charge is -2.49. The molecule has 0 atom stereocenters. The van der Waals surface area contributed by atoms with Gasteiger partial charge in [-0.15, -0.1) is 0 Å². The summed E-state index contributed by atoms with van der Waals surface area (Å²) in [5, 5.41) is 3.55. The number of piperidine rings is 2. The Morgan fingerprint density at radius 2 is 1.70 bits per heavy atom. The molecule has 0 spiro atoms. The number of nitrogens with zero attached hydrogens (tertiary/aromatic N) is 1. The number of rotatable bonds is 2. The summed E-state index contributed by atoms with van der Waals surface area (Å²) in [6.07, 6.45) is 6.69. The molecule has 2 aliphatic rings. The lowest BCUT2D eigenvalue weighted by molar-refractivity contribution is 0.0355. The van der Waals surface area contributed by atoms with E-state index in [4.69, 9.17) is 0 Å². The van der Waals surface area contributed by atoms with Gasteiger partial charge < -0.3 is 5.32 Å². The van der Waals surface area contributed by atoms with Gasteiger partial charge in [0, 0.05) is 5.54 Å². The molecule has 2 nitrogen and oxygen atoms in total. The Labute approximate surface area is 123 Å². The van der Waals surface area contributed by atoms with E-state index >= 15 is 0 Å². The van der Waals surface area contributed by atoms with E-state index in [9.17, 15) is 0 Å². The van der Waals surface area contributed by atoms with Crippen molar-refractivity contribution in [3.05, 3.63) is 34.9 Å². The predicted octanol–water partition coefficient (Wildman–Crippen LogP) is 3.37. The van der Waals surface area contributed by atoms with Crippen LogP contribution >= 0.6 is 0 Å². The maximum Gasteiger partial charge on any atom is 0.0487 e. The third-order valence-corrected chi connectivity index (χ3v) is 5.28. The van der Waals surface area contributed by atoms with Gasteiger partial charge in [-0.3, -0.25) is 4.90 Å². The van der Waals surface area contributed by atoms with Gasteiger partial charge in [-0.2, -0.15) is 0 Å². The highest BCUT2D eigenvalue weighted by Gasteiger charge is 2.40. The number of nitrogens with one attached hydrogen (secondary N) is 1. The Morgan fingerprint density at radius 1 is 1.00 bits per heavy atom. The van der Waals surface area contributed by atoms with Gasteiger partial charge in [0.25, 0.3) is 0 Å². The molecule has 0 aliphatic carbocycles. The van der Waals surface area contributed by atoms with E-state index in [0.717, 1.165) is 13.1 Å². The molecular weight excluding hydrogens is 244 g/mol. The molecule has 0 aromatic heterocycles. The average molecular weight is 272 g/mol. The van der Waals surface area contributed by atoms with Gasteiger partial charge >= 0.3 is 0 Å². The van der Waals surface area contributed by atoms with E-state index in [1.807, 2.05) is 0 Å². The Bertz CT molecular complexity index is 454. The first-order valence-electron chi connectivity index (χ1n) is 8.26. The molecule has 0 amide bonds. The first-order valence-corrected chi connectivity index (χ1v) is 8.26. The van der Waals surface area contributed by atoms with Crippen LogP contribution in [0.4, 0.5) is 0 Å². The summed E-state index contributed by atoms with van der Waals surface area (Å²) in [4.78, 5) is 2.80. The van der Waals surface area contributed by atoms with Crippen molar-refractivity contribution in [3.8, 4) is 0 Å². The molecule has 2 heterocycles. The smallest absolute Gasteiger partial charge is 0.0487 e. The molecule has 1 aromatic carbocycles. The second-order valence-corrected chi connectivity index (χ2v) is 6.65. The second kappa shape index (κ2) is 5.87. The lowest BCUT2D eigenvalue weighted by Crippen LogP contribution is -2.54. The fraction of sp³-hybridized carbons (Fsp3) is 0.667. The summed E-state index contributed by atoms with van der Waals surface area (Å²) in [6.45, 7) is 9.39. The van der Waals surface area contributed by atoms with Gasteiger partial charge in [-0.25, -0.2) is 0 Å². The molecule has 1 N–H and O–H groups in total. The molecule has 110 valence electrons. The molecule has 0 saturated carbocycles. The molecule has 0 radical (unpaired) electrons.